The molecule has 1 aliphatic rings. The van der Waals surface area contributed by atoms with Gasteiger partial charge in [-0.05, 0) is 20.6 Å². The minimum absolute atomic E-state index is 0. The molecule has 0 amide bonds. The summed E-state index contributed by atoms with van der Waals surface area (Å²) < 4.78 is 0. The van der Waals surface area contributed by atoms with Crippen molar-refractivity contribution in [3.8, 4) is 0 Å². The van der Waals surface area contributed by atoms with E-state index in [0.29, 0.717) is 0 Å². The van der Waals surface area contributed by atoms with Crippen molar-refractivity contribution in [2.24, 2.45) is 0 Å². The van der Waals surface area contributed by atoms with Gasteiger partial charge in [0, 0.05) is 39.3 Å². The molecule has 0 aliphatic carbocycles. The Bertz CT molecular complexity index is 338. The van der Waals surface area contributed by atoms with Gasteiger partial charge in [0.25, 0.3) is 0 Å². The van der Waals surface area contributed by atoms with Crippen LogP contribution in [-0.2, 0) is 32.7 Å². The maximum atomic E-state index is 4.70. The molecule has 0 unspecified atom stereocenters. The first-order valence-electron chi connectivity index (χ1n) is 10.9. The fourth-order valence-electron chi connectivity index (χ4n) is 2.05. The largest absolute Gasteiger partial charge is 3.00 e. The average Bonchev–Trinajstić information content (AvgIpc) is 2.48. The summed E-state index contributed by atoms with van der Waals surface area (Å²) >= 11 is 0. The Kier molecular flexibility index (Phi) is 20.4. The van der Waals surface area contributed by atoms with Crippen molar-refractivity contribution in [2.75, 3.05) is 66.5 Å². The van der Waals surface area contributed by atoms with E-state index in [0.717, 1.165) is 13.1 Å². The summed E-state index contributed by atoms with van der Waals surface area (Å²) in [6, 6.07) is 0. The predicted molar refractivity (Wildman–Crippen MR) is 137 cm³/mol. The minimum Gasteiger partial charge on any atom is -0.656 e. The quantitative estimate of drug-likeness (QED) is 0.399. The topological polar surface area (TPSA) is 23.8 Å². The van der Waals surface area contributed by atoms with Crippen LogP contribution >= 0.6 is 0 Å². The molecule has 0 N–H and O–H groups in total. The van der Waals surface area contributed by atoms with Crippen LogP contribution in [-0.4, -0.2) is 103 Å². The second-order valence-corrected chi connectivity index (χ2v) is 21.9. The molecule has 172 valence electrons. The van der Waals surface area contributed by atoms with Crippen molar-refractivity contribution in [1.29, 1.82) is 0 Å². The Morgan fingerprint density at radius 2 is 1.00 bits per heavy atom. The first kappa shape index (κ1) is 35.0. The van der Waals surface area contributed by atoms with Gasteiger partial charge in [-0.15, -0.1) is 28.2 Å². The van der Waals surface area contributed by atoms with Gasteiger partial charge in [0.2, 0.25) is 0 Å². The zero-order valence-electron chi connectivity index (χ0n) is 21.9. The average molecular weight is 519 g/mol. The second kappa shape index (κ2) is 16.9. The van der Waals surface area contributed by atoms with E-state index in [1.807, 2.05) is 0 Å². The van der Waals surface area contributed by atoms with Crippen LogP contribution in [0.4, 0.5) is 0 Å². The molecule has 0 saturated carbocycles. The molecule has 29 heavy (non-hydrogen) atoms. The Morgan fingerprint density at radius 1 is 0.724 bits per heavy atom. The van der Waals surface area contributed by atoms with E-state index in [1.54, 1.807) is 0 Å². The third-order valence-corrected chi connectivity index (χ3v) is 3.46. The third-order valence-electron chi connectivity index (χ3n) is 3.46. The van der Waals surface area contributed by atoms with E-state index in [2.05, 4.69) is 102 Å². The minimum atomic E-state index is -0.861. The molecule has 1 saturated heterocycles. The van der Waals surface area contributed by atoms with E-state index in [-0.39, 0.29) is 38.2 Å². The molecule has 0 bridgehead atoms. The first-order chi connectivity index (χ1) is 12.4. The summed E-state index contributed by atoms with van der Waals surface area (Å²) in [5.41, 5.74) is 0.104. The molecule has 0 atom stereocenters. The Labute approximate surface area is 212 Å². The number of rotatable bonds is 3. The van der Waals surface area contributed by atoms with Crippen LogP contribution in [0.3, 0.4) is 0 Å². The molecule has 0 aromatic carbocycles. The maximum Gasteiger partial charge on any atom is 3.00 e. The molecule has 1 heterocycles. The first-order valence-corrected chi connectivity index (χ1v) is 18.3. The van der Waals surface area contributed by atoms with Gasteiger partial charge in [-0.1, -0.05) is 60.1 Å². The summed E-state index contributed by atoms with van der Waals surface area (Å²) in [4.78, 5) is 7.40. The molecule has 1 fully saturated rings. The fourth-order valence-corrected chi connectivity index (χ4v) is 2.05. The van der Waals surface area contributed by atoms with Gasteiger partial charge in [0.05, 0.1) is 0 Å². The number of hydrogen-bond donors (Lipinski definition) is 0. The van der Waals surface area contributed by atoms with Crippen LogP contribution < -0.4 is 0 Å². The van der Waals surface area contributed by atoms with Crippen molar-refractivity contribution in [1.82, 2.24) is 14.7 Å². The molecule has 0 aromatic heterocycles. The summed E-state index contributed by atoms with van der Waals surface area (Å²) in [5, 5.41) is 4.70. The Morgan fingerprint density at radius 3 is 1.28 bits per heavy atom. The zero-order valence-corrected chi connectivity index (χ0v) is 26.8. The molecular formula is C22H53N4Si2Y. The molecule has 0 spiro atoms. The summed E-state index contributed by atoms with van der Waals surface area (Å²) in [7, 11) is 2.72. The van der Waals surface area contributed by atoms with Crippen LogP contribution in [0.1, 0.15) is 20.8 Å². The fraction of sp³-hybridized carbons (Fsp3) is 0.909. The van der Waals surface area contributed by atoms with E-state index in [9.17, 15) is 0 Å². The molecule has 7 heteroatoms. The van der Waals surface area contributed by atoms with E-state index < -0.39 is 16.1 Å². The van der Waals surface area contributed by atoms with Gasteiger partial charge in [-0.3, -0.25) is 0 Å². The molecular weight excluding hydrogens is 465 g/mol. The Hall–Kier alpha value is 1.38. The number of nitrogens with zero attached hydrogens (tertiary/aromatic N) is 4. The van der Waals surface area contributed by atoms with E-state index in [1.165, 1.54) is 39.3 Å². The van der Waals surface area contributed by atoms with Crippen LogP contribution in [0.2, 0.25) is 39.3 Å². The van der Waals surface area contributed by atoms with Crippen molar-refractivity contribution in [3.63, 3.8) is 0 Å². The van der Waals surface area contributed by atoms with E-state index >= 15 is 0 Å². The van der Waals surface area contributed by atoms with Gasteiger partial charge < -0.3 is 33.1 Å². The molecule has 0 aromatic rings. The maximum absolute atomic E-state index is 4.70. The van der Waals surface area contributed by atoms with Gasteiger partial charge in [-0.2, -0.15) is 0 Å². The van der Waals surface area contributed by atoms with Crippen molar-refractivity contribution < 1.29 is 32.7 Å². The summed E-state index contributed by atoms with van der Waals surface area (Å²) in [6.07, 6.45) is 0. The predicted octanol–water partition coefficient (Wildman–Crippen LogP) is 4.73. The summed E-state index contributed by atoms with van der Waals surface area (Å²) in [5.74, 6) is 0. The van der Waals surface area contributed by atoms with Crippen LogP contribution in [0.25, 0.3) is 5.32 Å². The Balaban J connectivity index is -0.000000512. The second-order valence-electron chi connectivity index (χ2n) is 11.6. The van der Waals surface area contributed by atoms with Gasteiger partial charge in [-0.25, -0.2) is 0 Å². The van der Waals surface area contributed by atoms with Crippen LogP contribution in [0.15, 0.2) is 0 Å². The van der Waals surface area contributed by atoms with Crippen LogP contribution in [0, 0.1) is 13.1 Å². The van der Waals surface area contributed by atoms with Crippen molar-refractivity contribution >= 4 is 16.1 Å². The molecule has 4 nitrogen and oxygen atoms in total. The molecule has 1 rings (SSSR count). The normalized spacial score (nSPS) is 18.1. The standard InChI is InChI=1S/C14H31N4.2C4H11Si.Y/c1-14(2,3)15-6-7-18-12-10-16(4)8-9-17(5)11-13-18;2*1-5(2,3)4;/h6-13H2,1-5H3;2*1H2,2-4H3;/q3*-1;+3. The monoisotopic (exact) mass is 518 g/mol. The van der Waals surface area contributed by atoms with Crippen LogP contribution in [0.5, 0.6) is 0 Å². The number of likely N-dealkylation sites (N-methyl/N-ethyl adjacent to an activating group) is 2. The van der Waals surface area contributed by atoms with Gasteiger partial charge in [0.15, 0.2) is 0 Å². The number of hydrogen-bond acceptors (Lipinski definition) is 3. The molecule has 0 radical (unpaired) electrons. The summed E-state index contributed by atoms with van der Waals surface area (Å²) in [6.45, 7) is 36.7. The van der Waals surface area contributed by atoms with E-state index in [4.69, 9.17) is 5.32 Å². The van der Waals surface area contributed by atoms with Crippen molar-refractivity contribution in [2.45, 2.75) is 65.6 Å². The SMILES string of the molecule is CN1CCN(C)CCN(CC[N-]C(C)(C)C)CC1.[CH2-][Si](C)(C)C.[CH2-][Si](C)(C)C.[Y+3]. The van der Waals surface area contributed by atoms with Gasteiger partial charge in [0.1, 0.15) is 0 Å². The van der Waals surface area contributed by atoms with Crippen molar-refractivity contribution in [3.05, 3.63) is 18.4 Å². The smallest absolute Gasteiger partial charge is 0.656 e. The third kappa shape index (κ3) is 40.3. The zero-order chi connectivity index (χ0) is 22.6. The van der Waals surface area contributed by atoms with Gasteiger partial charge >= 0.3 is 32.7 Å². The molecule has 1 aliphatic heterocycles.